The first-order valence-electron chi connectivity index (χ1n) is 7.95. The number of likely N-dealkylation sites (N-methyl/N-ethyl adjacent to an activating group) is 1. The van der Waals surface area contributed by atoms with Gasteiger partial charge in [0.25, 0.3) is 11.8 Å². The van der Waals surface area contributed by atoms with Gasteiger partial charge in [0.1, 0.15) is 11.6 Å². The molecule has 0 aliphatic carbocycles. The number of carbonyl (C=O) groups is 4. The second-order valence-corrected chi connectivity index (χ2v) is 7.23. The van der Waals surface area contributed by atoms with Crippen molar-refractivity contribution in [3.05, 3.63) is 0 Å². The lowest BCUT2D eigenvalue weighted by atomic mass is 10.0. The topological polar surface area (TPSA) is 93.2 Å². The molecule has 0 spiro atoms. The monoisotopic (exact) mass is 342 g/mol. The minimum Gasteiger partial charge on any atom is -0.444 e. The van der Waals surface area contributed by atoms with E-state index in [2.05, 4.69) is 0 Å². The Morgan fingerprint density at radius 3 is 2.08 bits per heavy atom. The molecule has 0 saturated carbocycles. The van der Waals surface area contributed by atoms with Crippen LogP contribution in [0.15, 0.2) is 0 Å². The molecule has 1 saturated heterocycles. The Bertz CT molecular complexity index is 507. The summed E-state index contributed by atoms with van der Waals surface area (Å²) in [7, 11) is 1.43. The van der Waals surface area contributed by atoms with Crippen LogP contribution in [0.2, 0.25) is 0 Å². The Morgan fingerprint density at radius 1 is 1.17 bits per heavy atom. The van der Waals surface area contributed by atoms with Crippen LogP contribution in [-0.2, 0) is 24.0 Å². The van der Waals surface area contributed by atoms with Gasteiger partial charge in [0.15, 0.2) is 0 Å². The highest BCUT2D eigenvalue weighted by atomic mass is 16.7. The molecule has 24 heavy (non-hydrogen) atoms. The van der Waals surface area contributed by atoms with E-state index in [0.29, 0.717) is 11.5 Å². The second-order valence-electron chi connectivity index (χ2n) is 7.23. The molecule has 1 aliphatic heterocycles. The zero-order chi connectivity index (χ0) is 18.7. The van der Waals surface area contributed by atoms with Gasteiger partial charge in [-0.15, -0.1) is 5.06 Å². The summed E-state index contributed by atoms with van der Waals surface area (Å²) in [5.74, 6) is -1.87. The number of rotatable bonds is 5. The minimum atomic E-state index is -0.957. The molecule has 0 bridgehead atoms. The van der Waals surface area contributed by atoms with Crippen LogP contribution in [0.1, 0.15) is 53.9 Å². The first-order valence-corrected chi connectivity index (χ1v) is 7.95. The van der Waals surface area contributed by atoms with Gasteiger partial charge in [-0.2, -0.15) is 0 Å². The van der Waals surface area contributed by atoms with Crippen LogP contribution in [0.3, 0.4) is 0 Å². The molecule has 3 amide bonds. The van der Waals surface area contributed by atoms with Crippen molar-refractivity contribution >= 4 is 23.9 Å². The van der Waals surface area contributed by atoms with E-state index in [1.54, 1.807) is 20.8 Å². The lowest BCUT2D eigenvalue weighted by molar-refractivity contribution is -0.201. The zero-order valence-electron chi connectivity index (χ0n) is 15.1. The maximum absolute atomic E-state index is 12.4. The van der Waals surface area contributed by atoms with Gasteiger partial charge in [-0.25, -0.2) is 9.59 Å². The number of amides is 3. The number of hydrogen-bond acceptors (Lipinski definition) is 6. The first-order chi connectivity index (χ1) is 10.9. The van der Waals surface area contributed by atoms with E-state index in [9.17, 15) is 19.2 Å². The van der Waals surface area contributed by atoms with Gasteiger partial charge in [-0.1, -0.05) is 13.8 Å². The quantitative estimate of drug-likeness (QED) is 0.708. The van der Waals surface area contributed by atoms with Crippen LogP contribution >= 0.6 is 0 Å². The summed E-state index contributed by atoms with van der Waals surface area (Å²) < 4.78 is 5.26. The third-order valence-electron chi connectivity index (χ3n) is 3.30. The molecule has 0 unspecified atom stereocenters. The van der Waals surface area contributed by atoms with Gasteiger partial charge in [-0.3, -0.25) is 14.5 Å². The van der Waals surface area contributed by atoms with E-state index in [1.165, 1.54) is 7.05 Å². The van der Waals surface area contributed by atoms with E-state index in [-0.39, 0.29) is 18.8 Å². The van der Waals surface area contributed by atoms with Crippen molar-refractivity contribution in [2.45, 2.75) is 65.5 Å². The molecule has 0 aromatic rings. The van der Waals surface area contributed by atoms with Gasteiger partial charge in [0.2, 0.25) is 0 Å². The standard InChI is InChI=1S/C16H26N2O6/c1-10(2)9-11(17(6)15(22)23-16(3,4)5)14(21)24-18-12(19)7-8-13(18)20/h10-11H,7-9H2,1-6H3/t11-/m0/s1. The van der Waals surface area contributed by atoms with Crippen molar-refractivity contribution in [2.75, 3.05) is 7.05 Å². The van der Waals surface area contributed by atoms with Crippen LogP contribution in [0.5, 0.6) is 0 Å². The SMILES string of the molecule is CC(C)C[C@@H](C(=O)ON1C(=O)CCC1=O)N(C)C(=O)OC(C)(C)C. The second kappa shape index (κ2) is 7.63. The molecule has 0 aromatic carbocycles. The zero-order valence-corrected chi connectivity index (χ0v) is 15.1. The molecule has 0 aromatic heterocycles. The molecule has 0 radical (unpaired) electrons. The van der Waals surface area contributed by atoms with Gasteiger partial charge < -0.3 is 9.57 Å². The fourth-order valence-electron chi connectivity index (χ4n) is 2.13. The highest BCUT2D eigenvalue weighted by molar-refractivity contribution is 6.01. The molecule has 1 atom stereocenters. The molecule has 1 rings (SSSR count). The Hall–Kier alpha value is -2.12. The summed E-state index contributed by atoms with van der Waals surface area (Å²) in [6.07, 6.45) is -0.333. The molecule has 1 heterocycles. The molecule has 136 valence electrons. The fraction of sp³-hybridized carbons (Fsp3) is 0.750. The first kappa shape index (κ1) is 19.9. The van der Waals surface area contributed by atoms with Crippen LogP contribution in [0.4, 0.5) is 4.79 Å². The van der Waals surface area contributed by atoms with Gasteiger partial charge in [0, 0.05) is 19.9 Å². The van der Waals surface area contributed by atoms with Crippen molar-refractivity contribution < 1.29 is 28.8 Å². The molecule has 0 N–H and O–H groups in total. The van der Waals surface area contributed by atoms with Crippen molar-refractivity contribution in [1.82, 2.24) is 9.96 Å². The predicted molar refractivity (Wildman–Crippen MR) is 84.4 cm³/mol. The van der Waals surface area contributed by atoms with Crippen LogP contribution in [0, 0.1) is 5.92 Å². The van der Waals surface area contributed by atoms with Crippen molar-refractivity contribution in [3.8, 4) is 0 Å². The Labute approximate surface area is 142 Å². The number of hydroxylamine groups is 2. The fourth-order valence-corrected chi connectivity index (χ4v) is 2.13. The molecule has 8 heteroatoms. The van der Waals surface area contributed by atoms with Gasteiger partial charge in [0.05, 0.1) is 0 Å². The number of carbonyl (C=O) groups excluding carboxylic acids is 4. The summed E-state index contributed by atoms with van der Waals surface area (Å²) in [6, 6.07) is -0.957. The van der Waals surface area contributed by atoms with Crippen molar-refractivity contribution in [2.24, 2.45) is 5.92 Å². The van der Waals surface area contributed by atoms with E-state index >= 15 is 0 Å². The molecular formula is C16H26N2O6. The van der Waals surface area contributed by atoms with Crippen molar-refractivity contribution in [3.63, 3.8) is 0 Å². The Balaban J connectivity index is 2.87. The molecule has 1 fully saturated rings. The maximum atomic E-state index is 12.4. The summed E-state index contributed by atoms with van der Waals surface area (Å²) in [5.41, 5.74) is -0.710. The highest BCUT2D eigenvalue weighted by Gasteiger charge is 2.38. The normalized spacial score (nSPS) is 16.4. The molecular weight excluding hydrogens is 316 g/mol. The molecule has 8 nitrogen and oxygen atoms in total. The van der Waals surface area contributed by atoms with E-state index in [4.69, 9.17) is 9.57 Å². The van der Waals surface area contributed by atoms with Crippen molar-refractivity contribution in [1.29, 1.82) is 0 Å². The van der Waals surface area contributed by atoms with E-state index in [0.717, 1.165) is 4.90 Å². The summed E-state index contributed by atoms with van der Waals surface area (Å²) >= 11 is 0. The van der Waals surface area contributed by atoms with Crippen LogP contribution in [0.25, 0.3) is 0 Å². The number of ether oxygens (including phenoxy) is 1. The summed E-state index contributed by atoms with van der Waals surface area (Å²) in [5, 5.41) is 0.485. The Morgan fingerprint density at radius 2 is 1.67 bits per heavy atom. The minimum absolute atomic E-state index is 0.0167. The third kappa shape index (κ3) is 5.50. The summed E-state index contributed by atoms with van der Waals surface area (Å²) in [4.78, 5) is 53.9. The van der Waals surface area contributed by atoms with E-state index < -0.39 is 35.5 Å². The number of nitrogens with zero attached hydrogens (tertiary/aromatic N) is 2. The van der Waals surface area contributed by atoms with E-state index in [1.807, 2.05) is 13.8 Å². The van der Waals surface area contributed by atoms with Gasteiger partial charge >= 0.3 is 12.1 Å². The largest absolute Gasteiger partial charge is 0.444 e. The third-order valence-corrected chi connectivity index (χ3v) is 3.30. The summed E-state index contributed by atoms with van der Waals surface area (Å²) in [6.45, 7) is 8.92. The lowest BCUT2D eigenvalue weighted by Gasteiger charge is -2.30. The average Bonchev–Trinajstić information content (AvgIpc) is 2.73. The lowest BCUT2D eigenvalue weighted by Crippen LogP contribution is -2.48. The predicted octanol–water partition coefficient (Wildman–Crippen LogP) is 1.88. The number of hydrogen-bond donors (Lipinski definition) is 0. The average molecular weight is 342 g/mol. The highest BCUT2D eigenvalue weighted by Crippen LogP contribution is 2.19. The molecule has 1 aliphatic rings. The van der Waals surface area contributed by atoms with Crippen LogP contribution in [-0.4, -0.2) is 52.5 Å². The van der Waals surface area contributed by atoms with Gasteiger partial charge in [-0.05, 0) is 33.1 Å². The maximum Gasteiger partial charge on any atom is 0.410 e. The smallest absolute Gasteiger partial charge is 0.410 e. The Kier molecular flexibility index (Phi) is 6.34. The van der Waals surface area contributed by atoms with Crippen LogP contribution < -0.4 is 0 Å². The number of imide groups is 1.